The number of rotatable bonds is 7. The van der Waals surface area contributed by atoms with Crippen molar-refractivity contribution >= 4 is 27.8 Å². The summed E-state index contributed by atoms with van der Waals surface area (Å²) in [5.74, 6) is -1.31. The summed E-state index contributed by atoms with van der Waals surface area (Å²) >= 11 is 3.22. The molecular weight excluding hydrogens is 386 g/mol. The molecule has 0 heterocycles. The summed E-state index contributed by atoms with van der Waals surface area (Å²) in [6.07, 6.45) is 1.64. The van der Waals surface area contributed by atoms with Crippen LogP contribution in [0, 0.1) is 0 Å². The Kier molecular flexibility index (Phi) is 7.01. The van der Waals surface area contributed by atoms with Crippen molar-refractivity contribution in [2.45, 2.75) is 25.8 Å². The second-order valence-electron chi connectivity index (χ2n) is 5.73. The van der Waals surface area contributed by atoms with Crippen molar-refractivity contribution in [3.63, 3.8) is 0 Å². The largest absolute Gasteiger partial charge is 0.507 e. The number of benzene rings is 2. The van der Waals surface area contributed by atoms with Crippen molar-refractivity contribution in [3.8, 4) is 5.75 Å². The van der Waals surface area contributed by atoms with Crippen LogP contribution in [0.15, 0.2) is 53.0 Å². The Balaban J connectivity index is 1.76. The number of carbonyl (C=O) groups is 2. The molecule has 132 valence electrons. The Bertz CT molecular complexity index is 733. The fourth-order valence-corrected chi connectivity index (χ4v) is 2.66. The van der Waals surface area contributed by atoms with Crippen molar-refractivity contribution in [2.75, 3.05) is 6.61 Å². The number of hydrogen-bond donors (Lipinski definition) is 2. The average Bonchev–Trinajstić information content (AvgIpc) is 2.61. The Labute approximate surface area is 155 Å². The molecule has 2 N–H and O–H groups in total. The standard InChI is InChI=1S/C19H20BrNO4/c1-13(7-8-14-5-3-2-4-6-14)21-18(23)12-25-19(24)16-11-15(20)9-10-17(16)22/h2-6,9-11,13,22H,7-8,12H2,1H3,(H,21,23)/t13-/m1/s1. The monoisotopic (exact) mass is 405 g/mol. The minimum atomic E-state index is -0.745. The summed E-state index contributed by atoms with van der Waals surface area (Å²) in [7, 11) is 0. The zero-order chi connectivity index (χ0) is 18.2. The first-order valence-corrected chi connectivity index (χ1v) is 8.74. The van der Waals surface area contributed by atoms with Gasteiger partial charge in [0.25, 0.3) is 5.91 Å². The Morgan fingerprint density at radius 2 is 1.92 bits per heavy atom. The number of aromatic hydroxyl groups is 1. The van der Waals surface area contributed by atoms with Gasteiger partial charge in [0, 0.05) is 10.5 Å². The predicted molar refractivity (Wildman–Crippen MR) is 98.5 cm³/mol. The van der Waals surface area contributed by atoms with E-state index in [-0.39, 0.29) is 29.9 Å². The first-order chi connectivity index (χ1) is 12.0. The first kappa shape index (κ1) is 19.0. The lowest BCUT2D eigenvalue weighted by Gasteiger charge is -2.14. The fraction of sp³-hybridized carbons (Fsp3) is 0.263. The van der Waals surface area contributed by atoms with Crippen molar-refractivity contribution in [3.05, 3.63) is 64.1 Å². The minimum Gasteiger partial charge on any atom is -0.507 e. The highest BCUT2D eigenvalue weighted by Crippen LogP contribution is 2.22. The minimum absolute atomic E-state index is 0.0132. The van der Waals surface area contributed by atoms with Gasteiger partial charge in [0.05, 0.1) is 0 Å². The molecule has 1 amide bonds. The highest BCUT2D eigenvalue weighted by Gasteiger charge is 2.15. The summed E-state index contributed by atoms with van der Waals surface area (Å²) in [6.45, 7) is 1.52. The summed E-state index contributed by atoms with van der Waals surface area (Å²) in [4.78, 5) is 23.8. The number of ether oxygens (including phenoxy) is 1. The van der Waals surface area contributed by atoms with Gasteiger partial charge in [0.1, 0.15) is 11.3 Å². The molecule has 0 fully saturated rings. The van der Waals surface area contributed by atoms with Gasteiger partial charge in [-0.15, -0.1) is 0 Å². The van der Waals surface area contributed by atoms with Crippen LogP contribution in [0.1, 0.15) is 29.3 Å². The molecule has 1 atom stereocenters. The van der Waals surface area contributed by atoms with E-state index in [2.05, 4.69) is 21.2 Å². The zero-order valence-electron chi connectivity index (χ0n) is 13.9. The number of carbonyl (C=O) groups excluding carboxylic acids is 2. The van der Waals surface area contributed by atoms with Crippen LogP contribution in [-0.2, 0) is 16.0 Å². The maximum absolute atomic E-state index is 11.9. The molecule has 2 aromatic carbocycles. The molecule has 0 spiro atoms. The highest BCUT2D eigenvalue weighted by molar-refractivity contribution is 9.10. The summed E-state index contributed by atoms with van der Waals surface area (Å²) in [5.41, 5.74) is 1.22. The third kappa shape index (κ3) is 6.23. The normalized spacial score (nSPS) is 11.6. The molecule has 0 radical (unpaired) electrons. The number of nitrogens with one attached hydrogen (secondary N) is 1. The molecule has 0 aliphatic heterocycles. The van der Waals surface area contributed by atoms with Crippen LogP contribution < -0.4 is 5.32 Å². The SMILES string of the molecule is C[C@H](CCc1ccccc1)NC(=O)COC(=O)c1cc(Br)ccc1O. The van der Waals surface area contributed by atoms with E-state index in [9.17, 15) is 14.7 Å². The number of phenols is 1. The van der Waals surface area contributed by atoms with Crippen LogP contribution in [0.4, 0.5) is 0 Å². The smallest absolute Gasteiger partial charge is 0.342 e. The number of phenolic OH excluding ortho intramolecular Hbond substituents is 1. The number of halogens is 1. The van der Waals surface area contributed by atoms with E-state index in [1.807, 2.05) is 37.3 Å². The van der Waals surface area contributed by atoms with Gasteiger partial charge in [-0.2, -0.15) is 0 Å². The second kappa shape index (κ2) is 9.22. The molecule has 0 bridgehead atoms. The molecule has 2 rings (SSSR count). The predicted octanol–water partition coefficient (Wildman–Crippen LogP) is 3.45. The molecule has 0 unspecified atom stereocenters. The van der Waals surface area contributed by atoms with Gasteiger partial charge in [0.2, 0.25) is 0 Å². The van der Waals surface area contributed by atoms with Gasteiger partial charge < -0.3 is 15.2 Å². The van der Waals surface area contributed by atoms with Gasteiger partial charge in [-0.25, -0.2) is 4.79 Å². The number of hydrogen-bond acceptors (Lipinski definition) is 4. The maximum Gasteiger partial charge on any atom is 0.342 e. The highest BCUT2D eigenvalue weighted by atomic mass is 79.9. The molecule has 2 aromatic rings. The molecule has 5 nitrogen and oxygen atoms in total. The summed E-state index contributed by atoms with van der Waals surface area (Å²) in [5, 5.41) is 12.5. The van der Waals surface area contributed by atoms with E-state index < -0.39 is 5.97 Å². The average molecular weight is 406 g/mol. The van der Waals surface area contributed by atoms with Crippen molar-refractivity contribution in [2.24, 2.45) is 0 Å². The molecule has 0 aromatic heterocycles. The van der Waals surface area contributed by atoms with E-state index in [0.29, 0.717) is 4.47 Å². The second-order valence-corrected chi connectivity index (χ2v) is 6.65. The van der Waals surface area contributed by atoms with Gasteiger partial charge in [-0.05, 0) is 43.5 Å². The quantitative estimate of drug-likeness (QED) is 0.691. The number of amides is 1. The topological polar surface area (TPSA) is 75.6 Å². The van der Waals surface area contributed by atoms with Gasteiger partial charge >= 0.3 is 5.97 Å². The van der Waals surface area contributed by atoms with E-state index in [4.69, 9.17) is 4.74 Å². The van der Waals surface area contributed by atoms with Gasteiger partial charge in [0.15, 0.2) is 6.61 Å². The number of esters is 1. The molecule has 6 heteroatoms. The van der Waals surface area contributed by atoms with Crippen LogP contribution in [0.3, 0.4) is 0 Å². The van der Waals surface area contributed by atoms with Crippen LogP contribution in [0.5, 0.6) is 5.75 Å². The van der Waals surface area contributed by atoms with E-state index >= 15 is 0 Å². The Morgan fingerprint density at radius 3 is 2.64 bits per heavy atom. The lowest BCUT2D eigenvalue weighted by Crippen LogP contribution is -2.36. The van der Waals surface area contributed by atoms with E-state index in [0.717, 1.165) is 12.8 Å². The molecule has 0 saturated carbocycles. The van der Waals surface area contributed by atoms with Crippen molar-refractivity contribution in [1.29, 1.82) is 0 Å². The van der Waals surface area contributed by atoms with Crippen LogP contribution in [0.25, 0.3) is 0 Å². The first-order valence-electron chi connectivity index (χ1n) is 7.94. The third-order valence-corrected chi connectivity index (χ3v) is 4.12. The van der Waals surface area contributed by atoms with Crippen LogP contribution in [0.2, 0.25) is 0 Å². The number of aryl methyl sites for hydroxylation is 1. The Morgan fingerprint density at radius 1 is 1.20 bits per heavy atom. The molecule has 0 aliphatic carbocycles. The molecule has 0 aliphatic rings. The third-order valence-electron chi connectivity index (χ3n) is 3.63. The van der Waals surface area contributed by atoms with Crippen LogP contribution in [-0.4, -0.2) is 29.6 Å². The van der Waals surface area contributed by atoms with E-state index in [1.54, 1.807) is 6.07 Å². The Hall–Kier alpha value is -2.34. The molecule has 25 heavy (non-hydrogen) atoms. The summed E-state index contributed by atoms with van der Waals surface area (Å²) in [6, 6.07) is 14.4. The maximum atomic E-state index is 11.9. The lowest BCUT2D eigenvalue weighted by atomic mass is 10.1. The fourth-order valence-electron chi connectivity index (χ4n) is 2.30. The van der Waals surface area contributed by atoms with Crippen LogP contribution >= 0.6 is 15.9 Å². The molecular formula is C19H20BrNO4. The molecule has 0 saturated heterocycles. The van der Waals surface area contributed by atoms with Gasteiger partial charge in [-0.3, -0.25) is 4.79 Å². The lowest BCUT2D eigenvalue weighted by molar-refractivity contribution is -0.124. The summed E-state index contributed by atoms with van der Waals surface area (Å²) < 4.78 is 5.59. The van der Waals surface area contributed by atoms with Gasteiger partial charge in [-0.1, -0.05) is 46.3 Å². The van der Waals surface area contributed by atoms with Crippen molar-refractivity contribution < 1.29 is 19.4 Å². The zero-order valence-corrected chi connectivity index (χ0v) is 15.5. The van der Waals surface area contributed by atoms with Crippen molar-refractivity contribution in [1.82, 2.24) is 5.32 Å². The van der Waals surface area contributed by atoms with E-state index in [1.165, 1.54) is 17.7 Å².